The molecule has 30 heavy (non-hydrogen) atoms. The number of amides is 1. The molecule has 0 saturated heterocycles. The van der Waals surface area contributed by atoms with Gasteiger partial charge in [-0.25, -0.2) is 9.67 Å². The number of hydrogen-bond donors (Lipinski definition) is 1. The van der Waals surface area contributed by atoms with Gasteiger partial charge < -0.3 is 5.32 Å². The van der Waals surface area contributed by atoms with E-state index in [1.807, 2.05) is 76.3 Å². The van der Waals surface area contributed by atoms with E-state index in [1.165, 1.54) is 0 Å². The average molecular weight is 416 g/mol. The van der Waals surface area contributed by atoms with Crippen molar-refractivity contribution in [1.82, 2.24) is 19.3 Å². The Labute approximate surface area is 179 Å². The molecule has 2 aromatic heterocycles. The van der Waals surface area contributed by atoms with Gasteiger partial charge in [0, 0.05) is 29.2 Å². The molecule has 0 radical (unpaired) electrons. The summed E-state index contributed by atoms with van der Waals surface area (Å²) in [5, 5.41) is 8.80. The molecule has 0 saturated carbocycles. The van der Waals surface area contributed by atoms with Crippen LogP contribution < -0.4 is 5.32 Å². The van der Waals surface area contributed by atoms with E-state index in [1.54, 1.807) is 18.0 Å². The fourth-order valence-electron chi connectivity index (χ4n) is 3.89. The molecule has 2 aromatic carbocycles. The lowest BCUT2D eigenvalue weighted by Gasteiger charge is -2.12. The highest BCUT2D eigenvalue weighted by Gasteiger charge is 2.24. The summed E-state index contributed by atoms with van der Waals surface area (Å²) in [4.78, 5) is 17.5. The van der Waals surface area contributed by atoms with Gasteiger partial charge in [-0.05, 0) is 55.9 Å². The summed E-state index contributed by atoms with van der Waals surface area (Å²) < 4.78 is 3.83. The minimum absolute atomic E-state index is 0.144. The zero-order valence-electron chi connectivity index (χ0n) is 16.6. The van der Waals surface area contributed by atoms with Crippen LogP contribution in [0.5, 0.6) is 0 Å². The first-order chi connectivity index (χ1) is 14.7. The molecule has 2 heterocycles. The summed E-state index contributed by atoms with van der Waals surface area (Å²) in [6.07, 6.45) is 8.61. The van der Waals surface area contributed by atoms with E-state index < -0.39 is 0 Å². The first kappa shape index (κ1) is 18.7. The third-order valence-electron chi connectivity index (χ3n) is 5.32. The molecular weight excluding hydrogens is 394 g/mol. The Balaban J connectivity index is 1.49. The van der Waals surface area contributed by atoms with Crippen molar-refractivity contribution in [1.29, 1.82) is 0 Å². The van der Waals surface area contributed by atoms with E-state index in [9.17, 15) is 4.79 Å². The molecule has 1 amide bonds. The molecule has 0 atom stereocenters. The molecular formula is C23H21N5OS. The van der Waals surface area contributed by atoms with Gasteiger partial charge in [0.2, 0.25) is 0 Å². The quantitative estimate of drug-likeness (QED) is 0.487. The Morgan fingerprint density at radius 3 is 2.73 bits per heavy atom. The van der Waals surface area contributed by atoms with Crippen LogP contribution in [0.15, 0.2) is 72.1 Å². The van der Waals surface area contributed by atoms with E-state index >= 15 is 0 Å². The van der Waals surface area contributed by atoms with Crippen molar-refractivity contribution in [2.75, 3.05) is 11.6 Å². The maximum Gasteiger partial charge on any atom is 0.256 e. The predicted molar refractivity (Wildman–Crippen MR) is 119 cm³/mol. The summed E-state index contributed by atoms with van der Waals surface area (Å²) in [5.41, 5.74) is 4.67. The van der Waals surface area contributed by atoms with Gasteiger partial charge in [-0.3, -0.25) is 9.36 Å². The summed E-state index contributed by atoms with van der Waals surface area (Å²) in [6.45, 7) is 0. The maximum atomic E-state index is 13.2. The lowest BCUT2D eigenvalue weighted by atomic mass is 10.1. The Hall–Kier alpha value is -3.32. The zero-order valence-corrected chi connectivity index (χ0v) is 17.4. The molecule has 1 aliphatic rings. The van der Waals surface area contributed by atoms with Crippen LogP contribution >= 0.6 is 11.8 Å². The Morgan fingerprint density at radius 2 is 1.90 bits per heavy atom. The minimum Gasteiger partial charge on any atom is -0.306 e. The number of anilines is 1. The summed E-state index contributed by atoms with van der Waals surface area (Å²) in [5.74, 6) is 0.631. The van der Waals surface area contributed by atoms with Gasteiger partial charge in [0.1, 0.15) is 5.82 Å². The molecule has 0 unspecified atom stereocenters. The highest BCUT2D eigenvalue weighted by Crippen LogP contribution is 2.31. The molecule has 5 rings (SSSR count). The van der Waals surface area contributed by atoms with Crippen LogP contribution in [0.1, 0.15) is 28.0 Å². The van der Waals surface area contributed by atoms with Crippen molar-refractivity contribution in [3.8, 4) is 11.4 Å². The van der Waals surface area contributed by atoms with Crippen LogP contribution in [-0.4, -0.2) is 31.5 Å². The van der Waals surface area contributed by atoms with E-state index in [4.69, 9.17) is 5.10 Å². The third-order valence-corrected chi connectivity index (χ3v) is 5.98. The zero-order chi connectivity index (χ0) is 20.5. The topological polar surface area (TPSA) is 64.7 Å². The Morgan fingerprint density at radius 1 is 1.07 bits per heavy atom. The van der Waals surface area contributed by atoms with Crippen LogP contribution in [0.25, 0.3) is 11.4 Å². The van der Waals surface area contributed by atoms with Crippen LogP contribution in [-0.2, 0) is 12.8 Å². The lowest BCUT2D eigenvalue weighted by Crippen LogP contribution is -2.16. The van der Waals surface area contributed by atoms with Crippen LogP contribution in [0.3, 0.4) is 0 Å². The van der Waals surface area contributed by atoms with Crippen molar-refractivity contribution < 1.29 is 4.79 Å². The van der Waals surface area contributed by atoms with Crippen LogP contribution in [0, 0.1) is 0 Å². The largest absolute Gasteiger partial charge is 0.306 e. The number of para-hydroxylation sites is 1. The number of carbonyl (C=O) groups excluding carboxylic acids is 1. The van der Waals surface area contributed by atoms with Crippen LogP contribution in [0.2, 0.25) is 0 Å². The number of hydrogen-bond acceptors (Lipinski definition) is 4. The molecule has 150 valence electrons. The number of carbonyl (C=O) groups is 1. The maximum absolute atomic E-state index is 13.2. The number of rotatable bonds is 5. The highest BCUT2D eigenvalue weighted by atomic mass is 32.2. The van der Waals surface area contributed by atoms with E-state index in [2.05, 4.69) is 10.3 Å². The van der Waals surface area contributed by atoms with Crippen molar-refractivity contribution >= 4 is 23.5 Å². The molecule has 7 heteroatoms. The standard InChI is InChI=1S/C23H21N5OS/c1-30-23-24-13-14-27(23)18-10-5-7-16(15-18)22(29)25-21-19-11-6-12-20(19)26-28(21)17-8-3-2-4-9-17/h2-5,7-10,13-15H,6,11-12H2,1H3,(H,25,29). The predicted octanol–water partition coefficient (Wildman–Crippen LogP) is 4.52. The highest BCUT2D eigenvalue weighted by molar-refractivity contribution is 7.98. The molecule has 0 aliphatic heterocycles. The molecule has 6 nitrogen and oxygen atoms in total. The van der Waals surface area contributed by atoms with Gasteiger partial charge in [-0.15, -0.1) is 0 Å². The number of imidazole rings is 1. The molecule has 0 fully saturated rings. The monoisotopic (exact) mass is 415 g/mol. The first-order valence-electron chi connectivity index (χ1n) is 9.90. The second-order valence-corrected chi connectivity index (χ2v) is 7.94. The number of fused-ring (bicyclic) bond motifs is 1. The number of aryl methyl sites for hydroxylation is 1. The molecule has 1 aliphatic carbocycles. The second kappa shape index (κ2) is 7.84. The summed E-state index contributed by atoms with van der Waals surface area (Å²) >= 11 is 1.57. The van der Waals surface area contributed by atoms with E-state index in [0.29, 0.717) is 5.56 Å². The molecule has 0 bridgehead atoms. The number of benzene rings is 2. The minimum atomic E-state index is -0.144. The van der Waals surface area contributed by atoms with Gasteiger partial charge in [-0.1, -0.05) is 36.0 Å². The van der Waals surface area contributed by atoms with Gasteiger partial charge in [0.15, 0.2) is 5.16 Å². The van der Waals surface area contributed by atoms with Crippen molar-refractivity contribution in [3.05, 3.63) is 83.8 Å². The smallest absolute Gasteiger partial charge is 0.256 e. The molecule has 0 spiro atoms. The van der Waals surface area contributed by atoms with Gasteiger partial charge >= 0.3 is 0 Å². The van der Waals surface area contributed by atoms with Crippen molar-refractivity contribution in [2.24, 2.45) is 0 Å². The molecule has 4 aromatic rings. The Kier molecular flexibility index (Phi) is 4.88. The third kappa shape index (κ3) is 3.31. The SMILES string of the molecule is CSc1nccn1-c1cccc(C(=O)Nc2c3c(nn2-c2ccccc2)CCC3)c1. The fraction of sp³-hybridized carbons (Fsp3) is 0.174. The van der Waals surface area contributed by atoms with Crippen LogP contribution in [0.4, 0.5) is 5.82 Å². The Bertz CT molecular complexity index is 1210. The lowest BCUT2D eigenvalue weighted by molar-refractivity contribution is 0.102. The number of aromatic nitrogens is 4. The van der Waals surface area contributed by atoms with E-state index in [-0.39, 0.29) is 5.91 Å². The average Bonchev–Trinajstić information content (AvgIpc) is 3.51. The van der Waals surface area contributed by atoms with Gasteiger partial charge in [0.25, 0.3) is 5.91 Å². The van der Waals surface area contributed by atoms with Gasteiger partial charge in [0.05, 0.1) is 11.4 Å². The second-order valence-electron chi connectivity index (χ2n) is 7.16. The normalized spacial score (nSPS) is 12.7. The van der Waals surface area contributed by atoms with Crippen molar-refractivity contribution in [2.45, 2.75) is 24.4 Å². The summed E-state index contributed by atoms with van der Waals surface area (Å²) in [7, 11) is 0. The number of nitrogens with one attached hydrogen (secondary N) is 1. The summed E-state index contributed by atoms with van der Waals surface area (Å²) in [6, 6.07) is 17.5. The number of nitrogens with zero attached hydrogens (tertiary/aromatic N) is 4. The van der Waals surface area contributed by atoms with Gasteiger partial charge in [-0.2, -0.15) is 5.10 Å². The number of thioether (sulfide) groups is 1. The van der Waals surface area contributed by atoms with E-state index in [0.717, 1.165) is 52.9 Å². The first-order valence-corrected chi connectivity index (χ1v) is 11.1. The molecule has 1 N–H and O–H groups in total. The fourth-order valence-corrected chi connectivity index (χ4v) is 4.42. The van der Waals surface area contributed by atoms with Crippen molar-refractivity contribution in [3.63, 3.8) is 0 Å².